The number of carbonyl (C=O) groups is 3. The van der Waals surface area contributed by atoms with Crippen LogP contribution in [0.25, 0.3) is 0 Å². The van der Waals surface area contributed by atoms with Crippen LogP contribution in [0.2, 0.25) is 0 Å². The second-order valence-corrected chi connectivity index (χ2v) is 8.89. The van der Waals surface area contributed by atoms with E-state index >= 15 is 0 Å². The Kier molecular flexibility index (Phi) is 5.81. The molecule has 1 saturated heterocycles. The molecule has 3 amide bonds. The van der Waals surface area contributed by atoms with Gasteiger partial charge in [-0.15, -0.1) is 11.8 Å². The van der Waals surface area contributed by atoms with Gasteiger partial charge in [0.2, 0.25) is 5.91 Å². The van der Waals surface area contributed by atoms with Crippen LogP contribution < -0.4 is 10.6 Å². The molecule has 2 N–H and O–H groups in total. The molecule has 156 valence electrons. The number of aryl methyl sites for hydroxylation is 1. The lowest BCUT2D eigenvalue weighted by Crippen LogP contribution is -2.42. The van der Waals surface area contributed by atoms with Gasteiger partial charge in [-0.25, -0.2) is 0 Å². The molecule has 0 radical (unpaired) electrons. The highest BCUT2D eigenvalue weighted by atomic mass is 32.2. The van der Waals surface area contributed by atoms with E-state index in [1.807, 2.05) is 24.0 Å². The van der Waals surface area contributed by atoms with Gasteiger partial charge in [0, 0.05) is 34.3 Å². The van der Waals surface area contributed by atoms with Gasteiger partial charge < -0.3 is 15.5 Å². The summed E-state index contributed by atoms with van der Waals surface area (Å²) in [5.74, 6) is 0.115. The zero-order chi connectivity index (χ0) is 21.3. The molecule has 7 heteroatoms. The molecule has 1 fully saturated rings. The number of fused-ring (bicyclic) bond motifs is 1. The molecule has 0 saturated carbocycles. The van der Waals surface area contributed by atoms with Gasteiger partial charge in [0.1, 0.15) is 0 Å². The normalized spacial score (nSPS) is 18.4. The number of likely N-dealkylation sites (tertiary alicyclic amines) is 1. The number of amides is 3. The highest BCUT2D eigenvalue weighted by molar-refractivity contribution is 8.00. The third kappa shape index (κ3) is 4.21. The predicted octanol–water partition coefficient (Wildman–Crippen LogP) is 4.31. The summed E-state index contributed by atoms with van der Waals surface area (Å²) in [6, 6.07) is 10.9. The molecular formula is C23H25N3O3S. The molecule has 1 atom stereocenters. The number of benzene rings is 2. The average molecular weight is 424 g/mol. The third-order valence-electron chi connectivity index (χ3n) is 5.66. The van der Waals surface area contributed by atoms with E-state index in [4.69, 9.17) is 0 Å². The Morgan fingerprint density at radius 1 is 1.13 bits per heavy atom. The molecule has 2 aromatic carbocycles. The van der Waals surface area contributed by atoms with Crippen LogP contribution in [0.3, 0.4) is 0 Å². The molecule has 0 aliphatic carbocycles. The third-order valence-corrected chi connectivity index (χ3v) is 6.73. The van der Waals surface area contributed by atoms with Crippen LogP contribution in [0.15, 0.2) is 41.3 Å². The van der Waals surface area contributed by atoms with Crippen LogP contribution in [-0.4, -0.2) is 41.0 Å². The molecule has 6 nitrogen and oxygen atoms in total. The highest BCUT2D eigenvalue weighted by Gasteiger charge is 2.24. The number of anilines is 2. The summed E-state index contributed by atoms with van der Waals surface area (Å²) in [6.07, 6.45) is 3.25. The average Bonchev–Trinajstić information content (AvgIpc) is 2.74. The molecule has 2 aliphatic rings. The van der Waals surface area contributed by atoms with Crippen molar-refractivity contribution < 1.29 is 14.4 Å². The minimum absolute atomic E-state index is 0.0473. The van der Waals surface area contributed by atoms with Crippen molar-refractivity contribution in [1.29, 1.82) is 0 Å². The number of thioether (sulfide) groups is 1. The Morgan fingerprint density at radius 2 is 1.93 bits per heavy atom. The lowest BCUT2D eigenvalue weighted by Gasteiger charge is -2.33. The van der Waals surface area contributed by atoms with Crippen LogP contribution in [0.5, 0.6) is 0 Å². The molecule has 1 unspecified atom stereocenters. The molecule has 30 heavy (non-hydrogen) atoms. The predicted molar refractivity (Wildman–Crippen MR) is 119 cm³/mol. The maximum absolute atomic E-state index is 12.9. The van der Waals surface area contributed by atoms with E-state index < -0.39 is 0 Å². The summed E-state index contributed by atoms with van der Waals surface area (Å²) in [4.78, 5) is 40.1. The summed E-state index contributed by atoms with van der Waals surface area (Å²) in [5, 5.41) is 5.72. The monoisotopic (exact) mass is 423 g/mol. The van der Waals surface area contributed by atoms with E-state index in [0.717, 1.165) is 29.8 Å². The number of hydrogen-bond donors (Lipinski definition) is 2. The van der Waals surface area contributed by atoms with E-state index in [1.165, 1.54) is 18.2 Å². The standard InChI is InChI=1S/C23H25N3O3S/c1-14-11-17(23(29)26-10-4-3-5-15(26)2)6-8-18(14)25-22(28)16-7-9-20-19(12-16)24-21(27)13-30-20/h6-9,11-12,15H,3-5,10,13H2,1-2H3,(H,24,27)(H,25,28). The van der Waals surface area contributed by atoms with Gasteiger partial charge in [-0.2, -0.15) is 0 Å². The van der Waals surface area contributed by atoms with Gasteiger partial charge >= 0.3 is 0 Å². The minimum atomic E-state index is -0.255. The maximum Gasteiger partial charge on any atom is 0.255 e. The van der Waals surface area contributed by atoms with Crippen LogP contribution >= 0.6 is 11.8 Å². The van der Waals surface area contributed by atoms with Crippen molar-refractivity contribution in [3.05, 3.63) is 53.1 Å². The number of nitrogens with one attached hydrogen (secondary N) is 2. The fourth-order valence-corrected chi connectivity index (χ4v) is 4.71. The van der Waals surface area contributed by atoms with Gasteiger partial charge in [-0.05, 0) is 75.1 Å². The molecular weight excluding hydrogens is 398 g/mol. The molecule has 2 aliphatic heterocycles. The van der Waals surface area contributed by atoms with E-state index in [-0.39, 0.29) is 23.8 Å². The lowest BCUT2D eigenvalue weighted by atomic mass is 10.0. The van der Waals surface area contributed by atoms with E-state index in [9.17, 15) is 14.4 Å². The summed E-state index contributed by atoms with van der Waals surface area (Å²) >= 11 is 1.46. The number of carbonyl (C=O) groups excluding carboxylic acids is 3. The van der Waals surface area contributed by atoms with Crippen LogP contribution in [0.4, 0.5) is 11.4 Å². The first-order valence-corrected chi connectivity index (χ1v) is 11.2. The SMILES string of the molecule is Cc1cc(C(=O)N2CCCCC2C)ccc1NC(=O)c1ccc2c(c1)NC(=O)CS2. The second kappa shape index (κ2) is 8.52. The zero-order valence-electron chi connectivity index (χ0n) is 17.2. The summed E-state index contributed by atoms with van der Waals surface area (Å²) in [5.41, 5.74) is 3.28. The van der Waals surface area contributed by atoms with Crippen molar-refractivity contribution >= 4 is 40.9 Å². The molecule has 0 spiro atoms. The fourth-order valence-electron chi connectivity index (χ4n) is 3.92. The zero-order valence-corrected chi connectivity index (χ0v) is 18.0. The Morgan fingerprint density at radius 3 is 2.70 bits per heavy atom. The Bertz CT molecular complexity index is 1020. The number of hydrogen-bond acceptors (Lipinski definition) is 4. The Hall–Kier alpha value is -2.80. The quantitative estimate of drug-likeness (QED) is 0.771. The molecule has 0 bridgehead atoms. The maximum atomic E-state index is 12.9. The largest absolute Gasteiger partial charge is 0.336 e. The van der Waals surface area contributed by atoms with Crippen molar-refractivity contribution in [2.45, 2.75) is 44.0 Å². The van der Waals surface area contributed by atoms with Gasteiger partial charge in [0.05, 0.1) is 11.4 Å². The van der Waals surface area contributed by atoms with Gasteiger partial charge in [0.25, 0.3) is 11.8 Å². The van der Waals surface area contributed by atoms with E-state index in [0.29, 0.717) is 28.3 Å². The first-order chi connectivity index (χ1) is 14.4. The van der Waals surface area contributed by atoms with Crippen molar-refractivity contribution in [2.24, 2.45) is 0 Å². The van der Waals surface area contributed by atoms with Crippen molar-refractivity contribution in [3.63, 3.8) is 0 Å². The number of rotatable bonds is 3. The first-order valence-electron chi connectivity index (χ1n) is 10.2. The van der Waals surface area contributed by atoms with Crippen molar-refractivity contribution in [2.75, 3.05) is 22.9 Å². The minimum Gasteiger partial charge on any atom is -0.336 e. The summed E-state index contributed by atoms with van der Waals surface area (Å²) in [6.45, 7) is 4.78. The van der Waals surface area contributed by atoms with Crippen molar-refractivity contribution in [1.82, 2.24) is 4.90 Å². The fraction of sp³-hybridized carbons (Fsp3) is 0.348. The number of piperidine rings is 1. The first kappa shape index (κ1) is 20.5. The van der Waals surface area contributed by atoms with Gasteiger partial charge in [0.15, 0.2) is 0 Å². The van der Waals surface area contributed by atoms with Gasteiger partial charge in [-0.1, -0.05) is 0 Å². The number of nitrogens with zero attached hydrogens (tertiary/aromatic N) is 1. The van der Waals surface area contributed by atoms with Crippen LogP contribution in [0, 0.1) is 6.92 Å². The molecule has 2 heterocycles. The van der Waals surface area contributed by atoms with Crippen LogP contribution in [-0.2, 0) is 4.79 Å². The topological polar surface area (TPSA) is 78.5 Å². The molecule has 0 aromatic heterocycles. The molecule has 4 rings (SSSR count). The lowest BCUT2D eigenvalue weighted by molar-refractivity contribution is -0.113. The van der Waals surface area contributed by atoms with Crippen molar-refractivity contribution in [3.8, 4) is 0 Å². The van der Waals surface area contributed by atoms with Gasteiger partial charge in [-0.3, -0.25) is 14.4 Å². The molecule has 2 aromatic rings. The van der Waals surface area contributed by atoms with E-state index in [2.05, 4.69) is 17.6 Å². The second-order valence-electron chi connectivity index (χ2n) is 7.87. The van der Waals surface area contributed by atoms with Crippen LogP contribution in [0.1, 0.15) is 52.5 Å². The smallest absolute Gasteiger partial charge is 0.255 e. The summed E-state index contributed by atoms with van der Waals surface area (Å²) < 4.78 is 0. The Balaban J connectivity index is 1.48. The summed E-state index contributed by atoms with van der Waals surface area (Å²) in [7, 11) is 0. The Labute approximate surface area is 180 Å². The van der Waals surface area contributed by atoms with E-state index in [1.54, 1.807) is 24.3 Å². The highest BCUT2D eigenvalue weighted by Crippen LogP contribution is 2.32.